The Morgan fingerprint density at radius 3 is 1.94 bits per heavy atom. The molecule has 0 amide bonds. The summed E-state index contributed by atoms with van der Waals surface area (Å²) in [4.78, 5) is 0. The van der Waals surface area contributed by atoms with Gasteiger partial charge in [-0.15, -0.1) is 0 Å². The standard InChI is InChI=1S/C33H31N2/c1-22-14-9-11-20-28(22)34-25(4)31-33(5,26-17-7-6-8-18-26)27-19-10-12-21-29(27)35(31)32(34)30-23(2)15-13-16-24(30)3/h6-21H,1-5H3/q+1. The number of benzene rings is 4. The molecule has 172 valence electrons. The van der Waals surface area contributed by atoms with Crippen molar-refractivity contribution in [2.45, 2.75) is 40.0 Å². The SMILES string of the molecule is Cc1ccccc1-n1c(C)c2[n+](c1-c1c(C)cccc1C)-c1ccccc1C2(C)c1ccccc1. The van der Waals surface area contributed by atoms with Gasteiger partial charge in [-0.05, 0) is 62.1 Å². The molecule has 0 saturated carbocycles. The summed E-state index contributed by atoms with van der Waals surface area (Å²) in [5.41, 5.74) is 12.7. The van der Waals surface area contributed by atoms with E-state index in [1.165, 1.54) is 62.0 Å². The number of hydrogen-bond donors (Lipinski definition) is 0. The number of imidazole rings is 1. The Hall–Kier alpha value is -3.91. The van der Waals surface area contributed by atoms with Crippen molar-refractivity contribution in [3.63, 3.8) is 0 Å². The second-order valence-electron chi connectivity index (χ2n) is 9.99. The summed E-state index contributed by atoms with van der Waals surface area (Å²) in [7, 11) is 0. The van der Waals surface area contributed by atoms with Gasteiger partial charge >= 0.3 is 0 Å². The third-order valence-corrected chi connectivity index (χ3v) is 7.89. The Bertz CT molecular complexity index is 1570. The summed E-state index contributed by atoms with van der Waals surface area (Å²) >= 11 is 0. The van der Waals surface area contributed by atoms with Crippen LogP contribution in [0.2, 0.25) is 0 Å². The normalized spacial score (nSPS) is 16.3. The van der Waals surface area contributed by atoms with Crippen LogP contribution in [0, 0.1) is 27.7 Å². The number of aryl methyl sites for hydroxylation is 3. The Kier molecular flexibility index (Phi) is 4.82. The zero-order chi connectivity index (χ0) is 24.3. The molecule has 0 bridgehead atoms. The van der Waals surface area contributed by atoms with Gasteiger partial charge in [0.25, 0.3) is 5.82 Å². The number of para-hydroxylation sites is 2. The van der Waals surface area contributed by atoms with Crippen LogP contribution in [-0.4, -0.2) is 4.57 Å². The average molecular weight is 456 g/mol. The number of rotatable bonds is 3. The molecule has 1 aliphatic rings. The second kappa shape index (κ2) is 7.81. The molecule has 4 aromatic carbocycles. The Labute approximate surface area is 208 Å². The fourth-order valence-electron chi connectivity index (χ4n) is 6.23. The first-order valence-electron chi connectivity index (χ1n) is 12.4. The van der Waals surface area contributed by atoms with E-state index >= 15 is 0 Å². The van der Waals surface area contributed by atoms with E-state index in [-0.39, 0.29) is 5.41 Å². The van der Waals surface area contributed by atoms with Crippen LogP contribution in [0.15, 0.2) is 97.1 Å². The minimum absolute atomic E-state index is 0.263. The first-order chi connectivity index (χ1) is 16.9. The fraction of sp³-hybridized carbons (Fsp3) is 0.182. The van der Waals surface area contributed by atoms with E-state index in [1.54, 1.807) is 0 Å². The van der Waals surface area contributed by atoms with Crippen LogP contribution >= 0.6 is 0 Å². The van der Waals surface area contributed by atoms with Crippen LogP contribution in [0.25, 0.3) is 22.8 Å². The van der Waals surface area contributed by atoms with Crippen molar-refractivity contribution in [2.75, 3.05) is 0 Å². The van der Waals surface area contributed by atoms with E-state index in [4.69, 9.17) is 0 Å². The number of fused-ring (bicyclic) bond motifs is 3. The maximum absolute atomic E-state index is 2.54. The Morgan fingerprint density at radius 2 is 1.23 bits per heavy atom. The van der Waals surface area contributed by atoms with E-state index < -0.39 is 0 Å². The number of hydrogen-bond acceptors (Lipinski definition) is 0. The van der Waals surface area contributed by atoms with Crippen molar-refractivity contribution in [3.8, 4) is 22.8 Å². The lowest BCUT2D eigenvalue weighted by molar-refractivity contribution is -0.586. The van der Waals surface area contributed by atoms with Gasteiger partial charge in [-0.2, -0.15) is 9.13 Å². The van der Waals surface area contributed by atoms with Gasteiger partial charge in [-0.3, -0.25) is 0 Å². The smallest absolute Gasteiger partial charge is 0.192 e. The zero-order valence-electron chi connectivity index (χ0n) is 21.1. The Morgan fingerprint density at radius 1 is 0.629 bits per heavy atom. The molecule has 2 nitrogen and oxygen atoms in total. The van der Waals surface area contributed by atoms with Crippen molar-refractivity contribution in [2.24, 2.45) is 0 Å². The predicted molar refractivity (Wildman–Crippen MR) is 144 cm³/mol. The highest BCUT2D eigenvalue weighted by molar-refractivity contribution is 5.69. The molecule has 2 heterocycles. The topological polar surface area (TPSA) is 8.81 Å². The zero-order valence-corrected chi connectivity index (χ0v) is 21.1. The minimum Gasteiger partial charge on any atom is -0.192 e. The van der Waals surface area contributed by atoms with Crippen LogP contribution in [0.4, 0.5) is 0 Å². The first-order valence-corrected chi connectivity index (χ1v) is 12.4. The van der Waals surface area contributed by atoms with Crippen LogP contribution in [-0.2, 0) is 5.41 Å². The molecule has 35 heavy (non-hydrogen) atoms. The van der Waals surface area contributed by atoms with Crippen LogP contribution in [0.1, 0.15) is 46.1 Å². The molecule has 0 radical (unpaired) electrons. The highest BCUT2D eigenvalue weighted by Gasteiger charge is 2.51. The molecule has 1 unspecified atom stereocenters. The van der Waals surface area contributed by atoms with Crippen LogP contribution in [0.3, 0.4) is 0 Å². The van der Waals surface area contributed by atoms with Gasteiger partial charge in [0, 0.05) is 12.5 Å². The molecular weight excluding hydrogens is 424 g/mol. The molecule has 1 atom stereocenters. The largest absolute Gasteiger partial charge is 0.300 e. The summed E-state index contributed by atoms with van der Waals surface area (Å²) in [5.74, 6) is 1.23. The highest BCUT2D eigenvalue weighted by atomic mass is 15.2. The molecule has 0 N–H and O–H groups in total. The summed E-state index contributed by atoms with van der Waals surface area (Å²) < 4.78 is 5.04. The Balaban J connectivity index is 1.84. The van der Waals surface area contributed by atoms with E-state index in [0.29, 0.717) is 0 Å². The van der Waals surface area contributed by atoms with Crippen LogP contribution < -0.4 is 4.57 Å². The van der Waals surface area contributed by atoms with E-state index in [2.05, 4.69) is 141 Å². The lowest BCUT2D eigenvalue weighted by Gasteiger charge is -2.24. The number of aromatic nitrogens is 2. The molecule has 2 heteroatoms. The summed E-state index contributed by atoms with van der Waals surface area (Å²) in [5, 5.41) is 0. The molecule has 0 aliphatic carbocycles. The first kappa shape index (κ1) is 21.6. The highest BCUT2D eigenvalue weighted by Crippen LogP contribution is 2.48. The van der Waals surface area contributed by atoms with Gasteiger partial charge in [0.1, 0.15) is 11.4 Å². The monoisotopic (exact) mass is 455 g/mol. The summed E-state index contributed by atoms with van der Waals surface area (Å²) in [6.07, 6.45) is 0. The van der Waals surface area contributed by atoms with E-state index in [9.17, 15) is 0 Å². The summed E-state index contributed by atoms with van der Waals surface area (Å²) in [6.45, 7) is 11.4. The third-order valence-electron chi connectivity index (χ3n) is 7.89. The van der Waals surface area contributed by atoms with Crippen LogP contribution in [0.5, 0.6) is 0 Å². The number of nitrogens with zero attached hydrogens (tertiary/aromatic N) is 2. The van der Waals surface area contributed by atoms with E-state index in [1.807, 2.05) is 0 Å². The maximum Gasteiger partial charge on any atom is 0.300 e. The van der Waals surface area contributed by atoms with Gasteiger partial charge < -0.3 is 0 Å². The lowest BCUT2D eigenvalue weighted by Crippen LogP contribution is -2.36. The van der Waals surface area contributed by atoms with Crippen molar-refractivity contribution < 1.29 is 4.57 Å². The van der Waals surface area contributed by atoms with Crippen molar-refractivity contribution in [1.82, 2.24) is 4.57 Å². The average Bonchev–Trinajstić information content (AvgIpc) is 3.31. The third kappa shape index (κ3) is 2.93. The van der Waals surface area contributed by atoms with Gasteiger partial charge in [0.2, 0.25) is 0 Å². The second-order valence-corrected chi connectivity index (χ2v) is 9.99. The van der Waals surface area contributed by atoms with E-state index in [0.717, 1.165) is 0 Å². The quantitative estimate of drug-likeness (QED) is 0.252. The fourth-order valence-corrected chi connectivity index (χ4v) is 6.23. The molecular formula is C33H31N2+. The molecule has 6 rings (SSSR count). The molecule has 5 aromatic rings. The van der Waals surface area contributed by atoms with Gasteiger partial charge in [0.15, 0.2) is 11.4 Å². The van der Waals surface area contributed by atoms with Crippen molar-refractivity contribution in [3.05, 3.63) is 136 Å². The molecule has 1 aliphatic heterocycles. The molecule has 0 saturated heterocycles. The van der Waals surface area contributed by atoms with Gasteiger partial charge in [-0.1, -0.05) is 84.9 Å². The van der Waals surface area contributed by atoms with Gasteiger partial charge in [0.05, 0.1) is 11.0 Å². The maximum atomic E-state index is 2.54. The molecule has 1 aromatic heterocycles. The summed E-state index contributed by atoms with van der Waals surface area (Å²) in [6, 6.07) is 35.3. The minimum atomic E-state index is -0.263. The molecule has 0 fully saturated rings. The lowest BCUT2D eigenvalue weighted by atomic mass is 9.74. The predicted octanol–water partition coefficient (Wildman–Crippen LogP) is 7.32. The molecule has 0 spiro atoms. The van der Waals surface area contributed by atoms with Crippen molar-refractivity contribution >= 4 is 0 Å². The van der Waals surface area contributed by atoms with Gasteiger partial charge in [-0.25, -0.2) is 0 Å². The van der Waals surface area contributed by atoms with Crippen molar-refractivity contribution in [1.29, 1.82) is 0 Å².